The monoisotopic (exact) mass is 281 g/mol. The number of hydrogen-bond donors (Lipinski definition) is 0. The van der Waals surface area contributed by atoms with Gasteiger partial charge in [0, 0.05) is 0 Å². The molecule has 0 bridgehead atoms. The standard InChI is InChI=1S/C16H24ClNO/c1-14-7-8-16(15(17)13-14)19-12-6-5-11-18-9-3-2-4-10-18/h7-8,13H,2-6,9-12H2,1H3. The molecular weight excluding hydrogens is 258 g/mol. The van der Waals surface area contributed by atoms with Crippen LogP contribution >= 0.6 is 11.6 Å². The number of aryl methyl sites for hydroxylation is 1. The lowest BCUT2D eigenvalue weighted by Gasteiger charge is -2.26. The fourth-order valence-electron chi connectivity index (χ4n) is 2.53. The van der Waals surface area contributed by atoms with Gasteiger partial charge in [0.15, 0.2) is 0 Å². The van der Waals surface area contributed by atoms with Crippen LogP contribution in [0.15, 0.2) is 18.2 Å². The molecule has 1 fully saturated rings. The van der Waals surface area contributed by atoms with E-state index in [4.69, 9.17) is 16.3 Å². The van der Waals surface area contributed by atoms with Crippen LogP contribution in [0.25, 0.3) is 0 Å². The summed E-state index contributed by atoms with van der Waals surface area (Å²) in [5.74, 6) is 0.810. The van der Waals surface area contributed by atoms with Gasteiger partial charge >= 0.3 is 0 Å². The van der Waals surface area contributed by atoms with Crippen LogP contribution in [0.2, 0.25) is 5.02 Å². The molecule has 1 aromatic rings. The number of hydrogen-bond acceptors (Lipinski definition) is 2. The lowest BCUT2D eigenvalue weighted by molar-refractivity contribution is 0.216. The zero-order chi connectivity index (χ0) is 13.5. The zero-order valence-electron chi connectivity index (χ0n) is 11.8. The number of rotatable bonds is 6. The number of nitrogens with zero attached hydrogens (tertiary/aromatic N) is 1. The Kier molecular flexibility index (Phi) is 5.99. The summed E-state index contributed by atoms with van der Waals surface area (Å²) in [6, 6.07) is 5.95. The van der Waals surface area contributed by atoms with E-state index in [2.05, 4.69) is 4.90 Å². The number of unbranched alkanes of at least 4 members (excludes halogenated alkanes) is 1. The second-order valence-electron chi connectivity index (χ2n) is 5.39. The molecule has 3 heteroatoms. The largest absolute Gasteiger partial charge is 0.492 e. The van der Waals surface area contributed by atoms with E-state index in [0.717, 1.165) is 23.8 Å². The molecule has 0 amide bonds. The van der Waals surface area contributed by atoms with Crippen LogP contribution in [0.5, 0.6) is 5.75 Å². The van der Waals surface area contributed by atoms with Crippen molar-refractivity contribution in [3.63, 3.8) is 0 Å². The first-order valence-electron chi connectivity index (χ1n) is 7.37. The molecule has 1 aliphatic heterocycles. The molecule has 106 valence electrons. The highest BCUT2D eigenvalue weighted by atomic mass is 35.5. The summed E-state index contributed by atoms with van der Waals surface area (Å²) in [6.45, 7) is 6.57. The second-order valence-corrected chi connectivity index (χ2v) is 5.80. The van der Waals surface area contributed by atoms with Crippen molar-refractivity contribution >= 4 is 11.6 Å². The highest BCUT2D eigenvalue weighted by Crippen LogP contribution is 2.25. The van der Waals surface area contributed by atoms with Crippen LogP contribution in [-0.2, 0) is 0 Å². The Labute approximate surface area is 121 Å². The highest BCUT2D eigenvalue weighted by Gasteiger charge is 2.09. The van der Waals surface area contributed by atoms with Crippen molar-refractivity contribution < 1.29 is 4.74 Å². The summed E-state index contributed by atoms with van der Waals surface area (Å²) in [5.41, 5.74) is 1.17. The van der Waals surface area contributed by atoms with Gasteiger partial charge in [0.2, 0.25) is 0 Å². The van der Waals surface area contributed by atoms with Crippen molar-refractivity contribution in [2.45, 2.75) is 39.0 Å². The third-order valence-corrected chi connectivity index (χ3v) is 3.96. The Hall–Kier alpha value is -0.730. The molecular formula is C16H24ClNO. The Morgan fingerprint density at radius 1 is 1.16 bits per heavy atom. The summed E-state index contributed by atoms with van der Waals surface area (Å²) in [7, 11) is 0. The SMILES string of the molecule is Cc1ccc(OCCCCN2CCCCC2)c(Cl)c1. The van der Waals surface area contributed by atoms with Gasteiger partial charge in [0.05, 0.1) is 11.6 Å². The molecule has 0 spiro atoms. The maximum absolute atomic E-state index is 6.13. The van der Waals surface area contributed by atoms with Crippen molar-refractivity contribution in [2.24, 2.45) is 0 Å². The molecule has 2 rings (SSSR count). The minimum absolute atomic E-state index is 0.719. The van der Waals surface area contributed by atoms with Gasteiger partial charge in [-0.15, -0.1) is 0 Å². The molecule has 2 nitrogen and oxygen atoms in total. The zero-order valence-corrected chi connectivity index (χ0v) is 12.6. The molecule has 0 aromatic heterocycles. The van der Waals surface area contributed by atoms with E-state index in [-0.39, 0.29) is 0 Å². The number of benzene rings is 1. The predicted molar refractivity (Wildman–Crippen MR) is 81.2 cm³/mol. The van der Waals surface area contributed by atoms with Gasteiger partial charge in [-0.25, -0.2) is 0 Å². The number of ether oxygens (including phenoxy) is 1. The fourth-order valence-corrected chi connectivity index (χ4v) is 2.82. The summed E-state index contributed by atoms with van der Waals surface area (Å²) in [4.78, 5) is 2.57. The molecule has 0 atom stereocenters. The first-order chi connectivity index (χ1) is 9.25. The molecule has 0 unspecified atom stereocenters. The van der Waals surface area contributed by atoms with Crippen LogP contribution in [0.4, 0.5) is 0 Å². The van der Waals surface area contributed by atoms with Crippen molar-refractivity contribution in [3.8, 4) is 5.75 Å². The third kappa shape index (κ3) is 5.04. The third-order valence-electron chi connectivity index (χ3n) is 3.66. The minimum atomic E-state index is 0.719. The van der Waals surface area contributed by atoms with E-state index >= 15 is 0 Å². The van der Waals surface area contributed by atoms with Crippen molar-refractivity contribution in [2.75, 3.05) is 26.2 Å². The average molecular weight is 282 g/mol. The first kappa shape index (κ1) is 14.7. The lowest BCUT2D eigenvalue weighted by Crippen LogP contribution is -2.30. The second kappa shape index (κ2) is 7.76. The van der Waals surface area contributed by atoms with E-state index in [1.54, 1.807) is 0 Å². The molecule has 0 N–H and O–H groups in total. The quantitative estimate of drug-likeness (QED) is 0.721. The van der Waals surface area contributed by atoms with Gasteiger partial charge in [0.25, 0.3) is 0 Å². The Morgan fingerprint density at radius 2 is 1.95 bits per heavy atom. The highest BCUT2D eigenvalue weighted by molar-refractivity contribution is 6.32. The molecule has 1 aliphatic rings. The van der Waals surface area contributed by atoms with Gasteiger partial charge in [-0.1, -0.05) is 24.1 Å². The van der Waals surface area contributed by atoms with Gasteiger partial charge in [-0.05, 0) is 69.9 Å². The predicted octanol–water partition coefficient (Wildman–Crippen LogP) is 4.29. The Morgan fingerprint density at radius 3 is 2.68 bits per heavy atom. The normalized spacial score (nSPS) is 16.5. The van der Waals surface area contributed by atoms with Crippen LogP contribution in [-0.4, -0.2) is 31.1 Å². The van der Waals surface area contributed by atoms with E-state index in [1.165, 1.54) is 50.9 Å². The molecule has 19 heavy (non-hydrogen) atoms. The van der Waals surface area contributed by atoms with E-state index in [0.29, 0.717) is 0 Å². The van der Waals surface area contributed by atoms with E-state index in [1.807, 2.05) is 25.1 Å². The molecule has 1 saturated heterocycles. The molecule has 1 aromatic carbocycles. The van der Waals surface area contributed by atoms with Crippen LogP contribution < -0.4 is 4.74 Å². The molecule has 0 aliphatic carbocycles. The van der Waals surface area contributed by atoms with Gasteiger partial charge in [-0.3, -0.25) is 0 Å². The summed E-state index contributed by atoms with van der Waals surface area (Å²) in [5, 5.41) is 0.719. The maximum atomic E-state index is 6.13. The van der Waals surface area contributed by atoms with Crippen LogP contribution in [0.3, 0.4) is 0 Å². The number of likely N-dealkylation sites (tertiary alicyclic amines) is 1. The Balaban J connectivity index is 1.61. The summed E-state index contributed by atoms with van der Waals surface area (Å²) < 4.78 is 5.73. The lowest BCUT2D eigenvalue weighted by atomic mass is 10.1. The number of piperidine rings is 1. The number of halogens is 1. The van der Waals surface area contributed by atoms with Crippen molar-refractivity contribution in [1.82, 2.24) is 4.90 Å². The van der Waals surface area contributed by atoms with Gasteiger partial charge in [-0.2, -0.15) is 0 Å². The van der Waals surface area contributed by atoms with Crippen molar-refractivity contribution in [3.05, 3.63) is 28.8 Å². The molecule has 0 radical (unpaired) electrons. The fraction of sp³-hybridized carbons (Fsp3) is 0.625. The first-order valence-corrected chi connectivity index (χ1v) is 7.75. The topological polar surface area (TPSA) is 12.5 Å². The average Bonchev–Trinajstić information content (AvgIpc) is 2.42. The van der Waals surface area contributed by atoms with E-state index in [9.17, 15) is 0 Å². The van der Waals surface area contributed by atoms with Gasteiger partial charge < -0.3 is 9.64 Å². The van der Waals surface area contributed by atoms with Crippen LogP contribution in [0.1, 0.15) is 37.7 Å². The smallest absolute Gasteiger partial charge is 0.137 e. The minimum Gasteiger partial charge on any atom is -0.492 e. The molecule has 1 heterocycles. The molecule has 0 saturated carbocycles. The van der Waals surface area contributed by atoms with Crippen molar-refractivity contribution in [1.29, 1.82) is 0 Å². The van der Waals surface area contributed by atoms with Gasteiger partial charge in [0.1, 0.15) is 5.75 Å². The summed E-state index contributed by atoms with van der Waals surface area (Å²) >= 11 is 6.13. The van der Waals surface area contributed by atoms with E-state index < -0.39 is 0 Å². The Bertz CT molecular complexity index is 388. The van der Waals surface area contributed by atoms with Crippen LogP contribution in [0, 0.1) is 6.92 Å². The summed E-state index contributed by atoms with van der Waals surface area (Å²) in [6.07, 6.45) is 6.46. The maximum Gasteiger partial charge on any atom is 0.137 e.